The van der Waals surface area contributed by atoms with Crippen molar-refractivity contribution >= 4 is 14.1 Å². The van der Waals surface area contributed by atoms with Crippen LogP contribution in [0, 0.1) is 57.7 Å². The van der Waals surface area contributed by atoms with Gasteiger partial charge >= 0.3 is 67.8 Å². The van der Waals surface area contributed by atoms with Crippen LogP contribution in [0.3, 0.4) is 0 Å². The normalized spacial score (nSPS) is 14.5. The first-order chi connectivity index (χ1) is 15.2. The van der Waals surface area contributed by atoms with E-state index in [-0.39, 0.29) is 45.4 Å². The van der Waals surface area contributed by atoms with Gasteiger partial charge in [-0.2, -0.15) is 0 Å². The first-order valence-electron chi connectivity index (χ1n) is 9.13. The third kappa shape index (κ3) is 21.4. The van der Waals surface area contributed by atoms with Crippen LogP contribution >= 0.6 is 0 Å². The number of Topliss-reactive ketones (excluding diaryl/α,β-unsaturated/α-hetero) is 1. The molecule has 8 nitrogen and oxygen atoms in total. The molecule has 0 aromatic rings. The van der Waals surface area contributed by atoms with Gasteiger partial charge in [0.2, 0.25) is 14.1 Å². The van der Waals surface area contributed by atoms with Gasteiger partial charge in [0, 0.05) is 46.4 Å². The van der Waals surface area contributed by atoms with E-state index in [0.717, 1.165) is 6.42 Å². The SMILES string of the molecule is CC(C)[Si](O[C@H]1CC(=O)C#CC[C@H]1C)(C(C)C)C(C)C.[C-]#[O+].[C-]#[O+].[C-]#[O+].[C-]#[O+].[C-]#[O+].[C-]#[O+].[Co].[Co]. The van der Waals surface area contributed by atoms with E-state index < -0.39 is 8.32 Å². The molecule has 0 bridgehead atoms. The van der Waals surface area contributed by atoms with Gasteiger partial charge in [0.25, 0.3) is 0 Å². The molecule has 0 heterocycles. The Hall–Kier alpha value is -1.14. The summed E-state index contributed by atoms with van der Waals surface area (Å²) >= 11 is 0. The van der Waals surface area contributed by atoms with Crippen LogP contribution in [0.25, 0.3) is 0 Å². The summed E-state index contributed by atoms with van der Waals surface area (Å²) in [7, 11) is -1.92. The van der Waals surface area contributed by atoms with Crippen LogP contribution in [0.4, 0.5) is 0 Å². The van der Waals surface area contributed by atoms with Crippen LogP contribution in [0.1, 0.15) is 61.3 Å². The quantitative estimate of drug-likeness (QED) is 0.157. The predicted molar refractivity (Wildman–Crippen MR) is 111 cm³/mol. The molecule has 1 aliphatic rings. The van der Waals surface area contributed by atoms with Gasteiger partial charge in [-0.3, -0.25) is 4.79 Å². The Balaban J connectivity index is -0.0000000700. The van der Waals surface area contributed by atoms with Crippen molar-refractivity contribution in [3.05, 3.63) is 39.9 Å². The van der Waals surface area contributed by atoms with E-state index >= 15 is 0 Å². The van der Waals surface area contributed by atoms with Gasteiger partial charge in [-0.15, -0.1) is 0 Å². The molecular formula is C23H30Co2O8Si. The molecule has 34 heavy (non-hydrogen) atoms. The molecule has 0 unspecified atom stereocenters. The molecule has 192 valence electrons. The Morgan fingerprint density at radius 3 is 1.32 bits per heavy atom. The Morgan fingerprint density at radius 1 is 0.765 bits per heavy atom. The van der Waals surface area contributed by atoms with Gasteiger partial charge in [0.15, 0.2) is 0 Å². The first-order valence-corrected chi connectivity index (χ1v) is 11.3. The fourth-order valence-electron chi connectivity index (χ4n) is 3.71. The van der Waals surface area contributed by atoms with Crippen molar-refractivity contribution in [1.29, 1.82) is 0 Å². The van der Waals surface area contributed by atoms with Gasteiger partial charge in [0.1, 0.15) is 0 Å². The summed E-state index contributed by atoms with van der Waals surface area (Å²) in [6, 6.07) is 0. The fraction of sp³-hybridized carbons (Fsp3) is 0.609. The Morgan fingerprint density at radius 2 is 1.06 bits per heavy atom. The molecule has 11 heteroatoms. The molecular weight excluding hydrogens is 550 g/mol. The van der Waals surface area contributed by atoms with E-state index in [9.17, 15) is 4.79 Å². The molecule has 0 aromatic carbocycles. The smallest absolute Gasteiger partial charge is 0 e. The molecule has 0 saturated heterocycles. The molecule has 0 aromatic heterocycles. The minimum atomic E-state index is -1.92. The largest absolute Gasteiger partial charge is 0 e. The fourth-order valence-corrected chi connectivity index (χ4v) is 9.36. The van der Waals surface area contributed by atoms with Crippen molar-refractivity contribution in [3.8, 4) is 11.8 Å². The molecule has 1 aliphatic carbocycles. The summed E-state index contributed by atoms with van der Waals surface area (Å²) in [6.45, 7) is 42.9. The van der Waals surface area contributed by atoms with E-state index in [1.807, 2.05) is 0 Å². The summed E-state index contributed by atoms with van der Waals surface area (Å²) in [5.74, 6) is 6.10. The zero-order valence-corrected chi connectivity index (χ0v) is 23.3. The summed E-state index contributed by atoms with van der Waals surface area (Å²) in [4.78, 5) is 11.8. The monoisotopic (exact) mass is 580 g/mol. The molecule has 0 N–H and O–H groups in total. The Bertz CT molecular complexity index is 585. The standard InChI is InChI=1S/C17H30O2Si.6CO.2Co/c1-12(2)20(13(3)4,14(5)6)19-17-11-16(18)10-8-9-15(17)7;6*1-2;;/h12-15,17H,9,11H2,1-7H3;;;;;;;;/t15-,17+;;;;;;;;/m1......../s1. The maximum absolute atomic E-state index is 11.8. The summed E-state index contributed by atoms with van der Waals surface area (Å²) < 4.78 is 51.8. The molecule has 2 atom stereocenters. The van der Waals surface area contributed by atoms with E-state index in [0.29, 0.717) is 29.0 Å². The van der Waals surface area contributed by atoms with E-state index in [4.69, 9.17) is 32.3 Å². The van der Waals surface area contributed by atoms with Crippen LogP contribution in [0.5, 0.6) is 0 Å². The number of hydrogen-bond donors (Lipinski definition) is 0. The number of ketones is 1. The third-order valence-corrected chi connectivity index (χ3v) is 10.9. The molecule has 0 fully saturated rings. The molecule has 0 saturated carbocycles. The maximum atomic E-state index is 11.8. The van der Waals surface area contributed by atoms with Gasteiger partial charge < -0.3 is 4.43 Å². The Kier molecular flexibility index (Phi) is 62.1. The van der Waals surface area contributed by atoms with Gasteiger partial charge in [0.05, 0.1) is 6.10 Å². The first kappa shape index (κ1) is 54.0. The average Bonchev–Trinajstić information content (AvgIpc) is 2.99. The number of carbonyl (C=O) groups excluding carboxylic acids is 1. The number of rotatable bonds is 5. The van der Waals surface area contributed by atoms with E-state index in [1.165, 1.54) is 0 Å². The van der Waals surface area contributed by atoms with Crippen LogP contribution in [0.15, 0.2) is 0 Å². The van der Waals surface area contributed by atoms with Crippen LogP contribution in [-0.4, -0.2) is 20.2 Å². The number of hydrogen-bond acceptors (Lipinski definition) is 2. The molecule has 0 amide bonds. The summed E-state index contributed by atoms with van der Waals surface area (Å²) in [5, 5.41) is 0. The van der Waals surface area contributed by atoms with Crippen molar-refractivity contribution in [2.24, 2.45) is 5.92 Å². The predicted octanol–water partition coefficient (Wildman–Crippen LogP) is 4.32. The second kappa shape index (κ2) is 39.1. The van der Waals surface area contributed by atoms with Gasteiger partial charge in [-0.25, -0.2) is 0 Å². The average molecular weight is 580 g/mol. The number of carbonyl (C=O) groups is 1. The third-order valence-electron chi connectivity index (χ3n) is 4.74. The van der Waals surface area contributed by atoms with Crippen molar-refractivity contribution in [2.45, 2.75) is 84.0 Å². The van der Waals surface area contributed by atoms with Gasteiger partial charge in [-0.1, -0.05) is 54.4 Å². The molecule has 0 spiro atoms. The zero-order chi connectivity index (χ0) is 27.5. The van der Waals surface area contributed by atoms with E-state index in [2.05, 4.69) is 100 Å². The minimum absolute atomic E-state index is 0. The van der Waals surface area contributed by atoms with Crippen LogP contribution in [-0.2, 0) is 70.7 Å². The topological polar surface area (TPSA) is 146 Å². The van der Waals surface area contributed by atoms with E-state index in [1.54, 1.807) is 0 Å². The van der Waals surface area contributed by atoms with Crippen molar-refractivity contribution in [1.82, 2.24) is 0 Å². The Labute approximate surface area is 225 Å². The summed E-state index contributed by atoms with van der Waals surface area (Å²) in [5.41, 5.74) is 1.65. The molecule has 0 aliphatic heterocycles. The van der Waals surface area contributed by atoms with Crippen LogP contribution < -0.4 is 0 Å². The second-order valence-corrected chi connectivity index (χ2v) is 12.5. The van der Waals surface area contributed by atoms with Crippen molar-refractivity contribution in [3.63, 3.8) is 0 Å². The van der Waals surface area contributed by atoms with Crippen molar-refractivity contribution < 1.29 is 70.7 Å². The molecule has 2 radical (unpaired) electrons. The second-order valence-electron chi connectivity index (χ2n) is 7.08. The summed E-state index contributed by atoms with van der Waals surface area (Å²) in [6.07, 6.45) is 1.27. The zero-order valence-electron chi connectivity index (χ0n) is 20.2. The van der Waals surface area contributed by atoms with Crippen molar-refractivity contribution in [2.75, 3.05) is 0 Å². The van der Waals surface area contributed by atoms with Crippen LogP contribution in [0.2, 0.25) is 16.6 Å². The maximum Gasteiger partial charge on any atom is 0 e. The molecule has 1 rings (SSSR count). The van der Waals surface area contributed by atoms with Gasteiger partial charge in [-0.05, 0) is 28.5 Å². The minimum Gasteiger partial charge on any atom is 0 e.